The van der Waals surface area contributed by atoms with Crippen LogP contribution in [0.25, 0.3) is 11.4 Å². The number of esters is 1. The van der Waals surface area contributed by atoms with Gasteiger partial charge in [0.05, 0.1) is 17.9 Å². The van der Waals surface area contributed by atoms with Gasteiger partial charge < -0.3 is 4.74 Å². The fourth-order valence-electron chi connectivity index (χ4n) is 2.04. The molecule has 21 heavy (non-hydrogen) atoms. The predicted molar refractivity (Wildman–Crippen MR) is 82.3 cm³/mol. The van der Waals surface area contributed by atoms with Gasteiger partial charge in [-0.05, 0) is 19.8 Å². The first-order valence-electron chi connectivity index (χ1n) is 7.14. The molecule has 2 rings (SSSR count). The Bertz CT molecular complexity index is 634. The number of carbonyl (C=O) groups is 1. The van der Waals surface area contributed by atoms with Crippen molar-refractivity contribution in [2.45, 2.75) is 33.6 Å². The third-order valence-electron chi connectivity index (χ3n) is 3.17. The molecular weight excluding hydrogens is 264 g/mol. The molecular formula is C17H20N2O2. The summed E-state index contributed by atoms with van der Waals surface area (Å²) in [7, 11) is 0. The molecule has 0 unspecified atom stereocenters. The van der Waals surface area contributed by atoms with Gasteiger partial charge in [0.25, 0.3) is 0 Å². The van der Waals surface area contributed by atoms with Gasteiger partial charge in [0.1, 0.15) is 0 Å². The van der Waals surface area contributed by atoms with E-state index in [1.54, 1.807) is 13.1 Å². The van der Waals surface area contributed by atoms with Crippen molar-refractivity contribution in [3.63, 3.8) is 0 Å². The molecule has 0 spiro atoms. The lowest BCUT2D eigenvalue weighted by atomic mass is 10.0. The molecule has 4 nitrogen and oxygen atoms in total. The maximum atomic E-state index is 12.0. The van der Waals surface area contributed by atoms with Crippen LogP contribution in [0.2, 0.25) is 0 Å². The van der Waals surface area contributed by atoms with E-state index >= 15 is 0 Å². The molecule has 4 heteroatoms. The Hall–Kier alpha value is -2.23. The van der Waals surface area contributed by atoms with Crippen molar-refractivity contribution in [3.8, 4) is 11.4 Å². The highest BCUT2D eigenvalue weighted by atomic mass is 16.5. The fourth-order valence-corrected chi connectivity index (χ4v) is 2.04. The second-order valence-electron chi connectivity index (χ2n) is 5.23. The number of hydrogen-bond donors (Lipinski definition) is 0. The molecule has 0 aliphatic carbocycles. The van der Waals surface area contributed by atoms with Crippen molar-refractivity contribution in [2.24, 2.45) is 0 Å². The van der Waals surface area contributed by atoms with Crippen LogP contribution in [0.3, 0.4) is 0 Å². The van der Waals surface area contributed by atoms with Crippen molar-refractivity contribution in [2.75, 3.05) is 6.61 Å². The number of aromatic nitrogens is 2. The normalized spacial score (nSPS) is 10.7. The number of nitrogens with zero attached hydrogens (tertiary/aromatic N) is 2. The molecule has 0 N–H and O–H groups in total. The van der Waals surface area contributed by atoms with E-state index in [1.807, 2.05) is 45.0 Å². The van der Waals surface area contributed by atoms with Crippen molar-refractivity contribution >= 4 is 5.97 Å². The van der Waals surface area contributed by atoms with Crippen LogP contribution in [0.4, 0.5) is 0 Å². The Morgan fingerprint density at radius 2 is 1.90 bits per heavy atom. The minimum Gasteiger partial charge on any atom is -0.462 e. The van der Waals surface area contributed by atoms with Crippen molar-refractivity contribution in [1.82, 2.24) is 9.97 Å². The number of benzene rings is 1. The minimum atomic E-state index is -0.364. The highest BCUT2D eigenvalue weighted by Gasteiger charge is 2.18. The lowest BCUT2D eigenvalue weighted by molar-refractivity contribution is 0.0523. The van der Waals surface area contributed by atoms with Gasteiger partial charge >= 0.3 is 5.97 Å². The zero-order valence-corrected chi connectivity index (χ0v) is 12.9. The number of hydrogen-bond acceptors (Lipinski definition) is 4. The molecule has 0 fully saturated rings. The van der Waals surface area contributed by atoms with Crippen molar-refractivity contribution in [1.29, 1.82) is 0 Å². The summed E-state index contributed by atoms with van der Waals surface area (Å²) in [6.45, 7) is 8.17. The molecule has 2 aromatic rings. The third kappa shape index (κ3) is 3.45. The molecule has 0 amide bonds. The number of carbonyl (C=O) groups excluding carboxylic acids is 1. The molecule has 1 aromatic carbocycles. The van der Waals surface area contributed by atoms with Crippen LogP contribution in [0.1, 0.15) is 48.3 Å². The maximum absolute atomic E-state index is 12.0. The summed E-state index contributed by atoms with van der Waals surface area (Å²) < 4.78 is 5.06. The van der Waals surface area contributed by atoms with Gasteiger partial charge in [0.2, 0.25) is 0 Å². The monoisotopic (exact) mass is 284 g/mol. The Balaban J connectivity index is 2.45. The van der Waals surface area contributed by atoms with Crippen LogP contribution in [-0.4, -0.2) is 22.5 Å². The van der Waals surface area contributed by atoms with Gasteiger partial charge in [-0.15, -0.1) is 0 Å². The van der Waals surface area contributed by atoms with Crippen LogP contribution in [0.5, 0.6) is 0 Å². The van der Waals surface area contributed by atoms with Crippen LogP contribution in [0.15, 0.2) is 30.5 Å². The van der Waals surface area contributed by atoms with Gasteiger partial charge in [-0.25, -0.2) is 14.8 Å². The van der Waals surface area contributed by atoms with Crippen LogP contribution < -0.4 is 0 Å². The van der Waals surface area contributed by atoms with Crippen LogP contribution in [0, 0.1) is 6.92 Å². The number of rotatable bonds is 4. The Labute approximate surface area is 125 Å². The average molecular weight is 284 g/mol. The molecule has 0 radical (unpaired) electrons. The second kappa shape index (κ2) is 6.48. The zero-order valence-electron chi connectivity index (χ0n) is 12.9. The molecule has 1 heterocycles. The van der Waals surface area contributed by atoms with Gasteiger partial charge in [-0.2, -0.15) is 0 Å². The summed E-state index contributed by atoms with van der Waals surface area (Å²) in [5, 5.41) is 0. The Morgan fingerprint density at radius 3 is 2.48 bits per heavy atom. The number of ether oxygens (including phenoxy) is 1. The fraction of sp³-hybridized carbons (Fsp3) is 0.353. The molecule has 1 aromatic heterocycles. The summed E-state index contributed by atoms with van der Waals surface area (Å²) in [6.07, 6.45) is 1.56. The van der Waals surface area contributed by atoms with E-state index in [2.05, 4.69) is 9.97 Å². The molecule has 0 aliphatic rings. The van der Waals surface area contributed by atoms with E-state index in [4.69, 9.17) is 4.74 Å². The van der Waals surface area contributed by atoms with Crippen molar-refractivity contribution < 1.29 is 9.53 Å². The SMILES string of the molecule is CCOC(=O)c1cnc(-c2ccc(C)cc2)nc1C(C)C. The molecule has 0 saturated heterocycles. The molecule has 0 saturated carbocycles. The smallest absolute Gasteiger partial charge is 0.341 e. The second-order valence-corrected chi connectivity index (χ2v) is 5.23. The summed E-state index contributed by atoms with van der Waals surface area (Å²) >= 11 is 0. The van der Waals surface area contributed by atoms with Gasteiger partial charge in [-0.1, -0.05) is 43.7 Å². The first-order valence-corrected chi connectivity index (χ1v) is 7.14. The first kappa shape index (κ1) is 15.2. The Morgan fingerprint density at radius 1 is 1.24 bits per heavy atom. The highest BCUT2D eigenvalue weighted by Crippen LogP contribution is 2.22. The topological polar surface area (TPSA) is 52.1 Å². The Kier molecular flexibility index (Phi) is 4.68. The van der Waals surface area contributed by atoms with Crippen molar-refractivity contribution in [3.05, 3.63) is 47.3 Å². The summed E-state index contributed by atoms with van der Waals surface area (Å²) in [6, 6.07) is 8.01. The van der Waals surface area contributed by atoms with Gasteiger partial charge in [0.15, 0.2) is 5.82 Å². The van der Waals surface area contributed by atoms with Crippen LogP contribution >= 0.6 is 0 Å². The van der Waals surface area contributed by atoms with E-state index in [1.165, 1.54) is 5.56 Å². The summed E-state index contributed by atoms with van der Waals surface area (Å²) in [5.74, 6) is 0.389. The molecule has 0 atom stereocenters. The van der Waals surface area contributed by atoms with E-state index in [-0.39, 0.29) is 11.9 Å². The van der Waals surface area contributed by atoms with E-state index in [9.17, 15) is 4.79 Å². The van der Waals surface area contributed by atoms with Gasteiger partial charge in [-0.3, -0.25) is 0 Å². The number of aryl methyl sites for hydroxylation is 1. The molecule has 0 aliphatic heterocycles. The van der Waals surface area contributed by atoms with Crippen LogP contribution in [-0.2, 0) is 4.74 Å². The summed E-state index contributed by atoms with van der Waals surface area (Å²) in [4.78, 5) is 20.8. The quantitative estimate of drug-likeness (QED) is 0.802. The average Bonchev–Trinajstić information content (AvgIpc) is 2.47. The maximum Gasteiger partial charge on any atom is 0.341 e. The zero-order chi connectivity index (χ0) is 15.4. The van der Waals surface area contributed by atoms with Gasteiger partial charge in [0, 0.05) is 11.8 Å². The summed E-state index contributed by atoms with van der Waals surface area (Å²) in [5.41, 5.74) is 3.30. The van der Waals surface area contributed by atoms with E-state index < -0.39 is 0 Å². The standard InChI is InChI=1S/C17H20N2O2/c1-5-21-17(20)14-10-18-16(19-15(14)11(2)3)13-8-6-12(4)7-9-13/h6-11H,5H2,1-4H3. The molecule has 0 bridgehead atoms. The lowest BCUT2D eigenvalue weighted by Crippen LogP contribution is -2.12. The third-order valence-corrected chi connectivity index (χ3v) is 3.17. The first-order chi connectivity index (χ1) is 10.0. The predicted octanol–water partition coefficient (Wildman–Crippen LogP) is 3.75. The van der Waals surface area contributed by atoms with E-state index in [0.717, 1.165) is 11.3 Å². The molecule has 110 valence electrons. The highest BCUT2D eigenvalue weighted by molar-refractivity contribution is 5.90. The largest absolute Gasteiger partial charge is 0.462 e. The minimum absolute atomic E-state index is 0.122. The lowest BCUT2D eigenvalue weighted by Gasteiger charge is -2.12. The van der Waals surface area contributed by atoms with E-state index in [0.29, 0.717) is 18.0 Å².